The highest BCUT2D eigenvalue weighted by Gasteiger charge is 2.11. The van der Waals surface area contributed by atoms with E-state index in [0.29, 0.717) is 0 Å². The molecule has 2 aromatic heterocycles. The SMILES string of the molecule is COc1ccc(-c2cncn2-c2ccc(S(C)(=O)=O)nc2)cc1. The fourth-order valence-electron chi connectivity index (χ4n) is 2.21. The van der Waals surface area contributed by atoms with Gasteiger partial charge < -0.3 is 4.74 Å². The Hall–Kier alpha value is -2.67. The molecule has 23 heavy (non-hydrogen) atoms. The van der Waals surface area contributed by atoms with E-state index in [4.69, 9.17) is 4.74 Å². The van der Waals surface area contributed by atoms with Crippen molar-refractivity contribution in [2.24, 2.45) is 0 Å². The largest absolute Gasteiger partial charge is 0.497 e. The van der Waals surface area contributed by atoms with Gasteiger partial charge in [0.1, 0.15) is 5.75 Å². The molecule has 0 aliphatic rings. The summed E-state index contributed by atoms with van der Waals surface area (Å²) >= 11 is 0. The fraction of sp³-hybridized carbons (Fsp3) is 0.125. The molecule has 0 saturated heterocycles. The van der Waals surface area contributed by atoms with Gasteiger partial charge in [0.15, 0.2) is 14.9 Å². The fourth-order valence-corrected chi connectivity index (χ4v) is 2.77. The lowest BCUT2D eigenvalue weighted by atomic mass is 10.1. The third-order valence-electron chi connectivity index (χ3n) is 3.40. The quantitative estimate of drug-likeness (QED) is 0.734. The van der Waals surface area contributed by atoms with E-state index in [1.165, 1.54) is 12.3 Å². The van der Waals surface area contributed by atoms with Gasteiger partial charge in [-0.05, 0) is 36.4 Å². The van der Waals surface area contributed by atoms with Crippen molar-refractivity contribution in [2.45, 2.75) is 5.03 Å². The van der Waals surface area contributed by atoms with Gasteiger partial charge >= 0.3 is 0 Å². The maximum absolute atomic E-state index is 11.5. The minimum Gasteiger partial charge on any atom is -0.497 e. The normalized spacial score (nSPS) is 11.4. The molecule has 0 spiro atoms. The molecule has 0 aliphatic heterocycles. The smallest absolute Gasteiger partial charge is 0.192 e. The summed E-state index contributed by atoms with van der Waals surface area (Å²) in [6, 6.07) is 10.8. The van der Waals surface area contributed by atoms with Crippen LogP contribution < -0.4 is 4.74 Å². The third kappa shape index (κ3) is 3.09. The van der Waals surface area contributed by atoms with Crippen molar-refractivity contribution in [1.82, 2.24) is 14.5 Å². The van der Waals surface area contributed by atoms with Crippen molar-refractivity contribution in [1.29, 1.82) is 0 Å². The first-order valence-electron chi connectivity index (χ1n) is 6.82. The lowest BCUT2D eigenvalue weighted by Gasteiger charge is -2.09. The van der Waals surface area contributed by atoms with Crippen LogP contribution in [-0.2, 0) is 9.84 Å². The molecule has 0 bridgehead atoms. The average Bonchev–Trinajstić information content (AvgIpc) is 3.04. The van der Waals surface area contributed by atoms with Gasteiger partial charge in [0.2, 0.25) is 0 Å². The number of sulfone groups is 1. The highest BCUT2D eigenvalue weighted by Crippen LogP contribution is 2.24. The Balaban J connectivity index is 2.00. The number of ether oxygens (including phenoxy) is 1. The molecule has 3 aromatic rings. The number of aromatic nitrogens is 3. The van der Waals surface area contributed by atoms with Gasteiger partial charge in [0, 0.05) is 11.8 Å². The van der Waals surface area contributed by atoms with Gasteiger partial charge in [-0.15, -0.1) is 0 Å². The summed E-state index contributed by atoms with van der Waals surface area (Å²) in [5.41, 5.74) is 2.58. The van der Waals surface area contributed by atoms with Crippen LogP contribution in [0.2, 0.25) is 0 Å². The second-order valence-electron chi connectivity index (χ2n) is 5.00. The van der Waals surface area contributed by atoms with Gasteiger partial charge in [-0.3, -0.25) is 4.57 Å². The van der Waals surface area contributed by atoms with Crippen LogP contribution in [0.5, 0.6) is 5.75 Å². The van der Waals surface area contributed by atoms with E-state index in [0.717, 1.165) is 29.0 Å². The van der Waals surface area contributed by atoms with E-state index >= 15 is 0 Å². The summed E-state index contributed by atoms with van der Waals surface area (Å²) < 4.78 is 30.0. The molecule has 0 radical (unpaired) electrons. The number of rotatable bonds is 4. The van der Waals surface area contributed by atoms with E-state index < -0.39 is 9.84 Å². The molecule has 0 amide bonds. The van der Waals surface area contributed by atoms with Gasteiger partial charge in [-0.25, -0.2) is 18.4 Å². The van der Waals surface area contributed by atoms with E-state index in [2.05, 4.69) is 9.97 Å². The Kier molecular flexibility index (Phi) is 3.87. The van der Waals surface area contributed by atoms with Crippen LogP contribution in [0.15, 0.2) is 60.1 Å². The van der Waals surface area contributed by atoms with Crippen LogP contribution in [0.4, 0.5) is 0 Å². The molecule has 6 nitrogen and oxygen atoms in total. The standard InChI is InChI=1S/C16H15N3O3S/c1-22-14-6-3-12(4-7-14)15-10-17-11-19(15)13-5-8-16(18-9-13)23(2,20)21/h3-11H,1-2H3. The van der Waals surface area contributed by atoms with Gasteiger partial charge in [-0.1, -0.05) is 0 Å². The number of hydrogen-bond acceptors (Lipinski definition) is 5. The molecule has 7 heteroatoms. The zero-order valence-electron chi connectivity index (χ0n) is 12.7. The van der Waals surface area contributed by atoms with Crippen molar-refractivity contribution >= 4 is 9.84 Å². The molecule has 2 heterocycles. The van der Waals surface area contributed by atoms with Crippen LogP contribution in [0.3, 0.4) is 0 Å². The van der Waals surface area contributed by atoms with Crippen molar-refractivity contribution < 1.29 is 13.2 Å². The van der Waals surface area contributed by atoms with Crippen molar-refractivity contribution in [2.75, 3.05) is 13.4 Å². The zero-order valence-corrected chi connectivity index (χ0v) is 13.5. The van der Waals surface area contributed by atoms with E-state index in [1.807, 2.05) is 28.8 Å². The monoisotopic (exact) mass is 329 g/mol. The van der Waals surface area contributed by atoms with Crippen molar-refractivity contribution in [3.63, 3.8) is 0 Å². The van der Waals surface area contributed by atoms with Crippen molar-refractivity contribution in [3.8, 4) is 22.7 Å². The molecule has 0 atom stereocenters. The maximum Gasteiger partial charge on any atom is 0.192 e. The number of imidazole rings is 1. The summed E-state index contributed by atoms with van der Waals surface area (Å²) in [5, 5.41) is 0.0485. The minimum atomic E-state index is -3.31. The molecular weight excluding hydrogens is 314 g/mol. The number of nitrogens with zero attached hydrogens (tertiary/aromatic N) is 3. The van der Waals surface area contributed by atoms with Crippen LogP contribution >= 0.6 is 0 Å². The summed E-state index contributed by atoms with van der Waals surface area (Å²) in [4.78, 5) is 8.19. The Morgan fingerprint density at radius 3 is 2.35 bits per heavy atom. The van der Waals surface area contributed by atoms with Crippen molar-refractivity contribution in [3.05, 3.63) is 55.1 Å². The Bertz CT molecular complexity index is 914. The molecule has 118 valence electrons. The Morgan fingerprint density at radius 1 is 1.04 bits per heavy atom. The van der Waals surface area contributed by atoms with Crippen LogP contribution in [0.1, 0.15) is 0 Å². The average molecular weight is 329 g/mol. The van der Waals surface area contributed by atoms with E-state index in [-0.39, 0.29) is 5.03 Å². The Labute approximate surface area is 134 Å². The lowest BCUT2D eigenvalue weighted by Crippen LogP contribution is -2.02. The second-order valence-corrected chi connectivity index (χ2v) is 6.97. The first kappa shape index (κ1) is 15.2. The van der Waals surface area contributed by atoms with Gasteiger partial charge in [0.05, 0.1) is 37.2 Å². The predicted octanol–water partition coefficient (Wildman–Crippen LogP) is 2.35. The number of pyridine rings is 1. The molecule has 0 aliphatic carbocycles. The molecule has 0 fully saturated rings. The van der Waals surface area contributed by atoms with Gasteiger partial charge in [-0.2, -0.15) is 0 Å². The van der Waals surface area contributed by atoms with E-state index in [9.17, 15) is 8.42 Å². The maximum atomic E-state index is 11.5. The topological polar surface area (TPSA) is 74.1 Å². The number of benzene rings is 1. The molecule has 1 aromatic carbocycles. The summed E-state index contributed by atoms with van der Waals surface area (Å²) in [6.07, 6.45) is 6.06. The summed E-state index contributed by atoms with van der Waals surface area (Å²) in [7, 11) is -1.69. The van der Waals surface area contributed by atoms with Crippen LogP contribution in [0, 0.1) is 0 Å². The lowest BCUT2D eigenvalue weighted by molar-refractivity contribution is 0.415. The second kappa shape index (κ2) is 5.85. The molecular formula is C16H15N3O3S. The minimum absolute atomic E-state index is 0.0485. The zero-order chi connectivity index (χ0) is 16.4. The molecule has 3 rings (SSSR count). The summed E-state index contributed by atoms with van der Waals surface area (Å²) in [5.74, 6) is 0.777. The molecule has 0 unspecified atom stereocenters. The highest BCUT2D eigenvalue weighted by atomic mass is 32.2. The van der Waals surface area contributed by atoms with E-state index in [1.54, 1.807) is 25.7 Å². The predicted molar refractivity (Wildman–Crippen MR) is 86.5 cm³/mol. The molecule has 0 saturated carbocycles. The highest BCUT2D eigenvalue weighted by molar-refractivity contribution is 7.90. The molecule has 0 N–H and O–H groups in total. The Morgan fingerprint density at radius 2 is 1.78 bits per heavy atom. The van der Waals surface area contributed by atoms with Gasteiger partial charge in [0.25, 0.3) is 0 Å². The summed E-state index contributed by atoms with van der Waals surface area (Å²) in [6.45, 7) is 0. The number of hydrogen-bond donors (Lipinski definition) is 0. The van der Waals surface area contributed by atoms with Crippen LogP contribution in [0.25, 0.3) is 16.9 Å². The third-order valence-corrected chi connectivity index (χ3v) is 4.40. The first-order chi connectivity index (χ1) is 11.0. The number of methoxy groups -OCH3 is 1. The van der Waals surface area contributed by atoms with Crippen LogP contribution in [-0.4, -0.2) is 36.3 Å². The first-order valence-corrected chi connectivity index (χ1v) is 8.71.